The van der Waals surface area contributed by atoms with Crippen molar-refractivity contribution < 1.29 is 0 Å². The normalized spacial score (nSPS) is 13.3. The third-order valence-electron chi connectivity index (χ3n) is 3.77. The maximum Gasteiger partial charge on any atom is 0.221 e. The molecule has 1 aromatic rings. The second kappa shape index (κ2) is 10.6. The molecule has 0 bridgehead atoms. The Labute approximate surface area is 140 Å². The maximum absolute atomic E-state index is 5.74. The van der Waals surface area contributed by atoms with E-state index in [0.717, 1.165) is 30.8 Å². The first-order valence-electron chi connectivity index (χ1n) is 8.42. The van der Waals surface area contributed by atoms with Gasteiger partial charge in [-0.2, -0.15) is 4.98 Å². The zero-order chi connectivity index (χ0) is 17.1. The zero-order valence-electron chi connectivity index (χ0n) is 14.7. The van der Waals surface area contributed by atoms with E-state index in [1.54, 1.807) is 0 Å². The summed E-state index contributed by atoms with van der Waals surface area (Å²) >= 11 is 0. The van der Waals surface area contributed by atoms with Gasteiger partial charge >= 0.3 is 0 Å². The van der Waals surface area contributed by atoms with E-state index in [-0.39, 0.29) is 0 Å². The quantitative estimate of drug-likeness (QED) is 0.492. The molecule has 0 aliphatic rings. The number of rotatable bonds is 10. The van der Waals surface area contributed by atoms with Crippen molar-refractivity contribution in [1.82, 2.24) is 9.97 Å². The topological polar surface area (TPSA) is 63.8 Å². The lowest BCUT2D eigenvalue weighted by Gasteiger charge is -2.16. The standard InChI is InChI=1S/C19H30N4/c1-5-8-10-12-21-18-17(14-22-19(20)23-18)13-15(4)16(7-3)11-9-6-2/h6-7,9,11,14-15H,3,5,8,10,12-13H2,1-2,4H3,(H3,20,21,22,23)/b9-6-,16-11+. The molecule has 0 fully saturated rings. The smallest absolute Gasteiger partial charge is 0.221 e. The number of nitrogen functional groups attached to an aromatic ring is 1. The number of hydrogen-bond acceptors (Lipinski definition) is 4. The summed E-state index contributed by atoms with van der Waals surface area (Å²) in [5, 5.41) is 3.40. The summed E-state index contributed by atoms with van der Waals surface area (Å²) in [6, 6.07) is 0. The number of unbranched alkanes of at least 4 members (excludes halogenated alkanes) is 2. The number of allylic oxidation sites excluding steroid dienone is 5. The molecule has 1 heterocycles. The summed E-state index contributed by atoms with van der Waals surface area (Å²) in [6.45, 7) is 11.2. The van der Waals surface area contributed by atoms with E-state index >= 15 is 0 Å². The molecule has 1 atom stereocenters. The van der Waals surface area contributed by atoms with Gasteiger partial charge in [0.25, 0.3) is 0 Å². The molecule has 4 heteroatoms. The largest absolute Gasteiger partial charge is 0.370 e. The van der Waals surface area contributed by atoms with Gasteiger partial charge in [-0.15, -0.1) is 0 Å². The average Bonchev–Trinajstić information content (AvgIpc) is 2.54. The maximum atomic E-state index is 5.74. The number of nitrogens with one attached hydrogen (secondary N) is 1. The average molecular weight is 314 g/mol. The number of nitrogens with two attached hydrogens (primary N) is 1. The van der Waals surface area contributed by atoms with Crippen LogP contribution in [0.2, 0.25) is 0 Å². The molecule has 0 aliphatic carbocycles. The number of hydrogen-bond donors (Lipinski definition) is 2. The SMILES string of the molecule is C=C/C(=C\C=C/C)C(C)Cc1cnc(N)nc1NCCCCC. The van der Waals surface area contributed by atoms with Crippen LogP contribution in [0.3, 0.4) is 0 Å². The van der Waals surface area contributed by atoms with Crippen molar-refractivity contribution >= 4 is 11.8 Å². The van der Waals surface area contributed by atoms with Crippen LogP contribution in [0, 0.1) is 5.92 Å². The minimum Gasteiger partial charge on any atom is -0.370 e. The summed E-state index contributed by atoms with van der Waals surface area (Å²) in [5.41, 5.74) is 8.04. The van der Waals surface area contributed by atoms with E-state index < -0.39 is 0 Å². The third kappa shape index (κ3) is 6.68. The minimum atomic E-state index is 0.313. The van der Waals surface area contributed by atoms with E-state index in [0.29, 0.717) is 11.9 Å². The van der Waals surface area contributed by atoms with Crippen molar-refractivity contribution in [2.75, 3.05) is 17.6 Å². The molecule has 0 aromatic carbocycles. The van der Waals surface area contributed by atoms with Gasteiger partial charge in [0.2, 0.25) is 5.95 Å². The summed E-state index contributed by atoms with van der Waals surface area (Å²) in [4.78, 5) is 8.52. The predicted octanol–water partition coefficient (Wildman–Crippen LogP) is 4.53. The van der Waals surface area contributed by atoms with Crippen molar-refractivity contribution in [2.45, 2.75) is 46.5 Å². The molecule has 1 unspecified atom stereocenters. The first-order valence-corrected chi connectivity index (χ1v) is 8.42. The Morgan fingerprint density at radius 2 is 2.22 bits per heavy atom. The Hall–Kier alpha value is -2.10. The lowest BCUT2D eigenvalue weighted by atomic mass is 9.93. The highest BCUT2D eigenvalue weighted by atomic mass is 15.1. The molecular formula is C19H30N4. The molecule has 23 heavy (non-hydrogen) atoms. The van der Waals surface area contributed by atoms with E-state index in [1.165, 1.54) is 18.4 Å². The lowest BCUT2D eigenvalue weighted by molar-refractivity contribution is 0.688. The first-order chi connectivity index (χ1) is 11.1. The van der Waals surface area contributed by atoms with Crippen LogP contribution in [-0.4, -0.2) is 16.5 Å². The second-order valence-electron chi connectivity index (χ2n) is 5.74. The van der Waals surface area contributed by atoms with Gasteiger partial charge in [-0.25, -0.2) is 4.98 Å². The highest BCUT2D eigenvalue weighted by Crippen LogP contribution is 2.22. The zero-order valence-corrected chi connectivity index (χ0v) is 14.7. The van der Waals surface area contributed by atoms with Gasteiger partial charge in [-0.3, -0.25) is 0 Å². The molecule has 1 rings (SSSR count). The van der Waals surface area contributed by atoms with Crippen molar-refractivity contribution in [3.8, 4) is 0 Å². The summed E-state index contributed by atoms with van der Waals surface area (Å²) in [7, 11) is 0. The monoisotopic (exact) mass is 314 g/mol. The van der Waals surface area contributed by atoms with Crippen LogP contribution in [0.1, 0.15) is 45.6 Å². The van der Waals surface area contributed by atoms with Gasteiger partial charge in [0, 0.05) is 18.3 Å². The van der Waals surface area contributed by atoms with E-state index in [4.69, 9.17) is 5.73 Å². The summed E-state index contributed by atoms with van der Waals surface area (Å²) in [5.74, 6) is 1.51. The van der Waals surface area contributed by atoms with Crippen LogP contribution >= 0.6 is 0 Å². The molecule has 1 aromatic heterocycles. The third-order valence-corrected chi connectivity index (χ3v) is 3.77. The Bertz CT molecular complexity index is 546. The Morgan fingerprint density at radius 3 is 2.87 bits per heavy atom. The number of aromatic nitrogens is 2. The fourth-order valence-electron chi connectivity index (χ4n) is 2.39. The summed E-state index contributed by atoms with van der Waals surface area (Å²) in [6.07, 6.45) is 14.3. The van der Waals surface area contributed by atoms with Crippen molar-refractivity contribution in [3.05, 3.63) is 48.2 Å². The van der Waals surface area contributed by atoms with E-state index in [9.17, 15) is 0 Å². The fourth-order valence-corrected chi connectivity index (χ4v) is 2.39. The van der Waals surface area contributed by atoms with Gasteiger partial charge in [-0.05, 0) is 31.3 Å². The first kappa shape index (κ1) is 18.9. The van der Waals surface area contributed by atoms with Crippen LogP contribution in [0.5, 0.6) is 0 Å². The molecule has 0 aliphatic heterocycles. The molecule has 0 saturated carbocycles. The highest BCUT2D eigenvalue weighted by molar-refractivity contribution is 5.46. The van der Waals surface area contributed by atoms with Crippen molar-refractivity contribution in [3.63, 3.8) is 0 Å². The fraction of sp³-hybridized carbons (Fsp3) is 0.474. The Kier molecular flexibility index (Phi) is 8.73. The molecule has 0 saturated heterocycles. The molecule has 3 N–H and O–H groups in total. The van der Waals surface area contributed by atoms with Gasteiger partial charge < -0.3 is 11.1 Å². The second-order valence-corrected chi connectivity index (χ2v) is 5.74. The van der Waals surface area contributed by atoms with Crippen LogP contribution in [0.4, 0.5) is 11.8 Å². The van der Waals surface area contributed by atoms with Crippen LogP contribution < -0.4 is 11.1 Å². The van der Waals surface area contributed by atoms with Crippen molar-refractivity contribution in [1.29, 1.82) is 0 Å². The number of anilines is 2. The molecule has 4 nitrogen and oxygen atoms in total. The van der Waals surface area contributed by atoms with Crippen LogP contribution in [-0.2, 0) is 6.42 Å². The van der Waals surface area contributed by atoms with E-state index in [2.05, 4.69) is 41.8 Å². The van der Waals surface area contributed by atoms with E-state index in [1.807, 2.05) is 31.3 Å². The van der Waals surface area contributed by atoms with Crippen LogP contribution in [0.25, 0.3) is 0 Å². The number of nitrogens with zero attached hydrogens (tertiary/aromatic N) is 2. The van der Waals surface area contributed by atoms with Crippen molar-refractivity contribution in [2.24, 2.45) is 5.92 Å². The molecular weight excluding hydrogens is 284 g/mol. The summed E-state index contributed by atoms with van der Waals surface area (Å²) < 4.78 is 0. The van der Waals surface area contributed by atoms with Crippen LogP contribution in [0.15, 0.2) is 42.7 Å². The minimum absolute atomic E-state index is 0.313. The van der Waals surface area contributed by atoms with Gasteiger partial charge in [-0.1, -0.05) is 57.6 Å². The van der Waals surface area contributed by atoms with Gasteiger partial charge in [0.1, 0.15) is 5.82 Å². The molecule has 0 amide bonds. The lowest BCUT2D eigenvalue weighted by Crippen LogP contribution is -2.11. The Morgan fingerprint density at radius 1 is 1.43 bits per heavy atom. The predicted molar refractivity (Wildman–Crippen MR) is 100 cm³/mol. The van der Waals surface area contributed by atoms with Gasteiger partial charge in [0.05, 0.1) is 0 Å². The highest BCUT2D eigenvalue weighted by Gasteiger charge is 2.12. The Balaban J connectivity index is 2.83. The molecule has 126 valence electrons. The molecule has 0 spiro atoms. The molecule has 0 radical (unpaired) electrons. The van der Waals surface area contributed by atoms with Gasteiger partial charge in [0.15, 0.2) is 0 Å².